The van der Waals surface area contributed by atoms with Gasteiger partial charge in [-0.15, -0.1) is 0 Å². The molecule has 0 aromatic carbocycles. The fraction of sp³-hybridized carbons (Fsp3) is 0.455. The Balaban J connectivity index is 2.37. The Morgan fingerprint density at radius 3 is 3.00 bits per heavy atom. The van der Waals surface area contributed by atoms with E-state index in [9.17, 15) is 4.79 Å². The van der Waals surface area contributed by atoms with E-state index < -0.39 is 0 Å². The molecule has 0 radical (unpaired) electrons. The maximum atomic E-state index is 10.5. The van der Waals surface area contributed by atoms with Crippen LogP contribution in [0.25, 0.3) is 0 Å². The first-order chi connectivity index (χ1) is 6.61. The van der Waals surface area contributed by atoms with Gasteiger partial charge >= 0.3 is 0 Å². The molecule has 2 rings (SSSR count). The predicted octanol–water partition coefficient (Wildman–Crippen LogP) is 2.00. The average Bonchev–Trinajstić information content (AvgIpc) is 2.16. The van der Waals surface area contributed by atoms with Crippen molar-refractivity contribution in [3.63, 3.8) is 0 Å². The maximum Gasteiger partial charge on any atom is 0.168 e. The minimum atomic E-state index is -0.114. The van der Waals surface area contributed by atoms with Crippen molar-refractivity contribution in [3.05, 3.63) is 23.5 Å². The van der Waals surface area contributed by atoms with Gasteiger partial charge in [0.25, 0.3) is 0 Å². The van der Waals surface area contributed by atoms with Crippen LogP contribution >= 0.6 is 0 Å². The summed E-state index contributed by atoms with van der Waals surface area (Å²) in [5, 5.41) is 0. The van der Waals surface area contributed by atoms with Crippen LogP contribution < -0.4 is 4.74 Å². The van der Waals surface area contributed by atoms with Crippen molar-refractivity contribution < 1.29 is 9.53 Å². The number of fused-ring (bicyclic) bond motifs is 1. The first kappa shape index (κ1) is 9.19. The highest BCUT2D eigenvalue weighted by Gasteiger charge is 2.27. The number of rotatable bonds is 1. The molecule has 1 aliphatic rings. The summed E-state index contributed by atoms with van der Waals surface area (Å²) in [6.45, 7) is 4.12. The van der Waals surface area contributed by atoms with E-state index >= 15 is 0 Å². The van der Waals surface area contributed by atoms with E-state index in [4.69, 9.17) is 4.74 Å². The first-order valence-corrected chi connectivity index (χ1v) is 4.75. The molecule has 74 valence electrons. The molecule has 0 bridgehead atoms. The zero-order valence-electron chi connectivity index (χ0n) is 8.41. The van der Waals surface area contributed by atoms with Crippen LogP contribution in [0, 0.1) is 0 Å². The molecule has 3 nitrogen and oxygen atoms in total. The van der Waals surface area contributed by atoms with Crippen LogP contribution in [-0.2, 0) is 6.42 Å². The van der Waals surface area contributed by atoms with Gasteiger partial charge in [-0.05, 0) is 38.8 Å². The molecule has 1 aliphatic heterocycles. The van der Waals surface area contributed by atoms with Gasteiger partial charge in [0.2, 0.25) is 0 Å². The standard InChI is InChI=1S/C11H13NO2/c1-11(2)6-5-9-10(14-11)4-3-8(7-13)12-9/h3-4,7H,5-6H2,1-2H3. The lowest BCUT2D eigenvalue weighted by molar-refractivity contribution is 0.0829. The van der Waals surface area contributed by atoms with Crippen molar-refractivity contribution in [1.29, 1.82) is 0 Å². The summed E-state index contributed by atoms with van der Waals surface area (Å²) >= 11 is 0. The van der Waals surface area contributed by atoms with Gasteiger partial charge in [0, 0.05) is 0 Å². The molecule has 0 spiro atoms. The van der Waals surface area contributed by atoms with E-state index in [1.807, 2.05) is 6.07 Å². The number of hydrogen-bond donors (Lipinski definition) is 0. The molecule has 0 saturated carbocycles. The number of pyridine rings is 1. The SMILES string of the molecule is CC1(C)CCc2nc(C=O)ccc2O1. The second-order valence-electron chi connectivity index (χ2n) is 4.16. The topological polar surface area (TPSA) is 39.2 Å². The normalized spacial score (nSPS) is 18.1. The van der Waals surface area contributed by atoms with E-state index in [-0.39, 0.29) is 5.60 Å². The van der Waals surface area contributed by atoms with Crippen molar-refractivity contribution in [3.8, 4) is 5.75 Å². The molecule has 0 atom stereocenters. The summed E-state index contributed by atoms with van der Waals surface area (Å²) in [5.41, 5.74) is 1.26. The zero-order chi connectivity index (χ0) is 10.2. The average molecular weight is 191 g/mol. The molecule has 0 amide bonds. The van der Waals surface area contributed by atoms with E-state index in [0.717, 1.165) is 30.6 Å². The smallest absolute Gasteiger partial charge is 0.168 e. The number of hydrogen-bond acceptors (Lipinski definition) is 3. The number of aldehydes is 1. The number of aryl methyl sites for hydroxylation is 1. The van der Waals surface area contributed by atoms with Gasteiger partial charge in [0.15, 0.2) is 6.29 Å². The summed E-state index contributed by atoms with van der Waals surface area (Å²) in [4.78, 5) is 14.7. The van der Waals surface area contributed by atoms with Crippen LogP contribution in [0.15, 0.2) is 12.1 Å². The monoisotopic (exact) mass is 191 g/mol. The molecule has 3 heteroatoms. The summed E-state index contributed by atoms with van der Waals surface area (Å²) in [7, 11) is 0. The molecule has 0 unspecified atom stereocenters. The largest absolute Gasteiger partial charge is 0.486 e. The summed E-state index contributed by atoms with van der Waals surface area (Å²) in [6.07, 6.45) is 2.58. The number of carbonyl (C=O) groups is 1. The van der Waals surface area contributed by atoms with E-state index in [2.05, 4.69) is 18.8 Å². The highest BCUT2D eigenvalue weighted by atomic mass is 16.5. The molecular weight excluding hydrogens is 178 g/mol. The van der Waals surface area contributed by atoms with Crippen molar-refractivity contribution in [2.75, 3.05) is 0 Å². The quantitative estimate of drug-likeness (QED) is 0.637. The zero-order valence-corrected chi connectivity index (χ0v) is 8.41. The second-order valence-corrected chi connectivity index (χ2v) is 4.16. The van der Waals surface area contributed by atoms with Crippen LogP contribution in [0.5, 0.6) is 5.75 Å². The number of carbonyl (C=O) groups excluding carboxylic acids is 1. The molecule has 0 aliphatic carbocycles. The molecule has 1 aromatic heterocycles. The third-order valence-electron chi connectivity index (χ3n) is 2.42. The minimum absolute atomic E-state index is 0.114. The fourth-order valence-electron chi connectivity index (χ4n) is 1.61. The molecule has 1 aromatic rings. The Morgan fingerprint density at radius 2 is 2.29 bits per heavy atom. The van der Waals surface area contributed by atoms with Crippen molar-refractivity contribution in [1.82, 2.24) is 4.98 Å². The third kappa shape index (κ3) is 1.62. The lowest BCUT2D eigenvalue weighted by atomic mass is 9.97. The van der Waals surface area contributed by atoms with Gasteiger partial charge in [0.05, 0.1) is 5.69 Å². The molecule has 0 saturated heterocycles. The van der Waals surface area contributed by atoms with Gasteiger partial charge in [-0.25, -0.2) is 4.98 Å². The second kappa shape index (κ2) is 3.08. The van der Waals surface area contributed by atoms with Crippen molar-refractivity contribution in [2.45, 2.75) is 32.3 Å². The van der Waals surface area contributed by atoms with Gasteiger partial charge in [-0.2, -0.15) is 0 Å². The Hall–Kier alpha value is -1.38. The van der Waals surface area contributed by atoms with Crippen LogP contribution in [0.1, 0.15) is 36.5 Å². The third-order valence-corrected chi connectivity index (χ3v) is 2.42. The fourth-order valence-corrected chi connectivity index (χ4v) is 1.61. The first-order valence-electron chi connectivity index (χ1n) is 4.75. The predicted molar refractivity (Wildman–Crippen MR) is 52.7 cm³/mol. The van der Waals surface area contributed by atoms with Gasteiger partial charge in [0.1, 0.15) is 17.0 Å². The summed E-state index contributed by atoms with van der Waals surface area (Å²) < 4.78 is 5.74. The minimum Gasteiger partial charge on any atom is -0.486 e. The highest BCUT2D eigenvalue weighted by molar-refractivity contribution is 5.72. The number of nitrogens with zero attached hydrogens (tertiary/aromatic N) is 1. The van der Waals surface area contributed by atoms with E-state index in [0.29, 0.717) is 5.69 Å². The molecular formula is C11H13NO2. The van der Waals surface area contributed by atoms with Crippen LogP contribution in [0.4, 0.5) is 0 Å². The van der Waals surface area contributed by atoms with Gasteiger partial charge in [-0.1, -0.05) is 0 Å². The molecule has 2 heterocycles. The van der Waals surface area contributed by atoms with Crippen LogP contribution in [0.2, 0.25) is 0 Å². The van der Waals surface area contributed by atoms with Gasteiger partial charge in [-0.3, -0.25) is 4.79 Å². The molecule has 14 heavy (non-hydrogen) atoms. The number of aromatic nitrogens is 1. The van der Waals surface area contributed by atoms with E-state index in [1.54, 1.807) is 6.07 Å². The Kier molecular flexibility index (Phi) is 2.02. The lowest BCUT2D eigenvalue weighted by Crippen LogP contribution is -2.33. The van der Waals surface area contributed by atoms with Crippen molar-refractivity contribution >= 4 is 6.29 Å². The Labute approximate surface area is 83.1 Å². The van der Waals surface area contributed by atoms with Gasteiger partial charge < -0.3 is 4.74 Å². The molecule has 0 fully saturated rings. The Bertz CT molecular complexity index is 372. The summed E-state index contributed by atoms with van der Waals surface area (Å²) in [5.74, 6) is 0.812. The molecule has 0 N–H and O–H groups in total. The number of ether oxygens (including phenoxy) is 1. The maximum absolute atomic E-state index is 10.5. The Morgan fingerprint density at radius 1 is 1.50 bits per heavy atom. The highest BCUT2D eigenvalue weighted by Crippen LogP contribution is 2.31. The van der Waals surface area contributed by atoms with Crippen LogP contribution in [-0.4, -0.2) is 16.9 Å². The van der Waals surface area contributed by atoms with Crippen LogP contribution in [0.3, 0.4) is 0 Å². The lowest BCUT2D eigenvalue weighted by Gasteiger charge is -2.31. The van der Waals surface area contributed by atoms with Crippen molar-refractivity contribution in [2.24, 2.45) is 0 Å². The van der Waals surface area contributed by atoms with E-state index in [1.165, 1.54) is 0 Å². The summed E-state index contributed by atoms with van der Waals surface area (Å²) in [6, 6.07) is 3.51.